The molecule has 5 rings (SSSR count). The van der Waals surface area contributed by atoms with Crippen molar-refractivity contribution in [1.82, 2.24) is 9.88 Å². The zero-order valence-corrected chi connectivity index (χ0v) is 17.8. The summed E-state index contributed by atoms with van der Waals surface area (Å²) in [5, 5.41) is 0. The van der Waals surface area contributed by atoms with E-state index in [0.29, 0.717) is 12.5 Å². The van der Waals surface area contributed by atoms with Crippen LogP contribution in [0.3, 0.4) is 0 Å². The molecule has 2 aliphatic heterocycles. The Morgan fingerprint density at radius 3 is 2.47 bits per heavy atom. The van der Waals surface area contributed by atoms with Gasteiger partial charge in [0.1, 0.15) is 10.6 Å². The van der Waals surface area contributed by atoms with E-state index in [4.69, 9.17) is 4.74 Å². The third kappa shape index (κ3) is 3.45. The lowest BCUT2D eigenvalue weighted by atomic mass is 9.71. The maximum Gasteiger partial charge on any atom is 0.265 e. The Balaban J connectivity index is 1.34. The van der Waals surface area contributed by atoms with E-state index in [9.17, 15) is 4.79 Å². The van der Waals surface area contributed by atoms with Crippen molar-refractivity contribution in [2.75, 3.05) is 37.7 Å². The fourth-order valence-electron chi connectivity index (χ4n) is 4.68. The first-order chi connectivity index (χ1) is 14.6. The van der Waals surface area contributed by atoms with Crippen molar-refractivity contribution in [3.63, 3.8) is 0 Å². The SMILES string of the molecule is Cc1ncsc1C(=O)N1CC(COc2ccccc2)C2(C1)CN(c1ccccc1)C2. The number of ether oxygens (including phenoxy) is 1. The second-order valence-electron chi connectivity index (χ2n) is 8.33. The fourth-order valence-corrected chi connectivity index (χ4v) is 5.44. The summed E-state index contributed by atoms with van der Waals surface area (Å²) in [6.07, 6.45) is 0. The number of thiazole rings is 1. The van der Waals surface area contributed by atoms with Gasteiger partial charge < -0.3 is 14.5 Å². The minimum absolute atomic E-state index is 0.0683. The molecule has 0 bridgehead atoms. The lowest BCUT2D eigenvalue weighted by Gasteiger charge is -2.52. The van der Waals surface area contributed by atoms with Crippen molar-refractivity contribution >= 4 is 22.9 Å². The van der Waals surface area contributed by atoms with Gasteiger partial charge in [-0.05, 0) is 31.2 Å². The van der Waals surface area contributed by atoms with Crippen molar-refractivity contribution in [1.29, 1.82) is 0 Å². The van der Waals surface area contributed by atoms with E-state index in [0.717, 1.165) is 42.5 Å². The molecule has 3 heterocycles. The molecule has 2 aliphatic rings. The Kier molecular flexibility index (Phi) is 4.95. The molecule has 3 aromatic rings. The molecule has 0 aliphatic carbocycles. The number of benzene rings is 2. The third-order valence-electron chi connectivity index (χ3n) is 6.37. The molecule has 5 nitrogen and oxygen atoms in total. The lowest BCUT2D eigenvalue weighted by Crippen LogP contribution is -2.61. The molecule has 0 N–H and O–H groups in total. The summed E-state index contributed by atoms with van der Waals surface area (Å²) in [6, 6.07) is 20.5. The van der Waals surface area contributed by atoms with Gasteiger partial charge >= 0.3 is 0 Å². The van der Waals surface area contributed by atoms with E-state index in [-0.39, 0.29) is 11.3 Å². The Morgan fingerprint density at radius 1 is 1.10 bits per heavy atom. The average Bonchev–Trinajstić information content (AvgIpc) is 3.36. The third-order valence-corrected chi connectivity index (χ3v) is 7.28. The highest BCUT2D eigenvalue weighted by Crippen LogP contribution is 2.46. The molecule has 154 valence electrons. The fraction of sp³-hybridized carbons (Fsp3) is 0.333. The standard InChI is InChI=1S/C24H25N3O2S/c1-18-22(30-17-25-18)23(28)26-12-19(13-29-21-10-6-3-7-11-21)24(14-26)15-27(16-24)20-8-4-2-5-9-20/h2-11,17,19H,12-16H2,1H3. The number of hydrogen-bond donors (Lipinski definition) is 0. The second kappa shape index (κ2) is 7.76. The summed E-state index contributed by atoms with van der Waals surface area (Å²) in [4.78, 5) is 22.6. The number of amides is 1. The van der Waals surface area contributed by atoms with E-state index in [2.05, 4.69) is 34.1 Å². The Hall–Kier alpha value is -2.86. The molecular weight excluding hydrogens is 394 g/mol. The van der Waals surface area contributed by atoms with Crippen LogP contribution in [0.5, 0.6) is 5.75 Å². The van der Waals surface area contributed by atoms with Crippen LogP contribution in [0.25, 0.3) is 0 Å². The quantitative estimate of drug-likeness (QED) is 0.624. The normalized spacial score (nSPS) is 19.7. The van der Waals surface area contributed by atoms with Crippen molar-refractivity contribution in [2.45, 2.75) is 6.92 Å². The van der Waals surface area contributed by atoms with Crippen molar-refractivity contribution < 1.29 is 9.53 Å². The molecule has 2 saturated heterocycles. The van der Waals surface area contributed by atoms with Gasteiger partial charge in [-0.15, -0.1) is 11.3 Å². The number of nitrogens with zero attached hydrogens (tertiary/aromatic N) is 3. The van der Waals surface area contributed by atoms with Gasteiger partial charge in [-0.3, -0.25) is 4.79 Å². The number of anilines is 1. The largest absolute Gasteiger partial charge is 0.493 e. The predicted octanol–water partition coefficient (Wildman–Crippen LogP) is 4.11. The maximum atomic E-state index is 13.2. The predicted molar refractivity (Wildman–Crippen MR) is 119 cm³/mol. The van der Waals surface area contributed by atoms with Crippen molar-refractivity contribution in [3.8, 4) is 5.75 Å². The number of rotatable bonds is 5. The summed E-state index contributed by atoms with van der Waals surface area (Å²) < 4.78 is 6.14. The molecule has 2 aromatic carbocycles. The minimum Gasteiger partial charge on any atom is -0.493 e. The molecule has 0 radical (unpaired) electrons. The summed E-state index contributed by atoms with van der Waals surface area (Å²) in [5.74, 6) is 1.29. The molecular formula is C24H25N3O2S. The zero-order valence-electron chi connectivity index (χ0n) is 17.0. The molecule has 1 atom stereocenters. The van der Waals surface area contributed by atoms with Crippen LogP contribution in [0.15, 0.2) is 66.2 Å². The number of aryl methyl sites for hydroxylation is 1. The van der Waals surface area contributed by atoms with Crippen LogP contribution >= 0.6 is 11.3 Å². The number of likely N-dealkylation sites (tertiary alicyclic amines) is 1. The number of hydrogen-bond acceptors (Lipinski definition) is 5. The van der Waals surface area contributed by atoms with E-state index in [1.54, 1.807) is 5.51 Å². The zero-order chi connectivity index (χ0) is 20.6. The molecule has 2 fully saturated rings. The highest BCUT2D eigenvalue weighted by Gasteiger charge is 2.55. The van der Waals surface area contributed by atoms with Gasteiger partial charge in [0, 0.05) is 43.2 Å². The highest BCUT2D eigenvalue weighted by atomic mass is 32.1. The van der Waals surface area contributed by atoms with Crippen LogP contribution in [0.1, 0.15) is 15.4 Å². The van der Waals surface area contributed by atoms with Gasteiger partial charge in [-0.1, -0.05) is 36.4 Å². The van der Waals surface area contributed by atoms with Gasteiger partial charge in [0.05, 0.1) is 17.8 Å². The smallest absolute Gasteiger partial charge is 0.265 e. The van der Waals surface area contributed by atoms with Crippen LogP contribution < -0.4 is 9.64 Å². The van der Waals surface area contributed by atoms with Crippen LogP contribution in [-0.2, 0) is 0 Å². The number of aromatic nitrogens is 1. The summed E-state index contributed by atoms with van der Waals surface area (Å²) >= 11 is 1.44. The second-order valence-corrected chi connectivity index (χ2v) is 9.18. The van der Waals surface area contributed by atoms with Gasteiger partial charge in [-0.2, -0.15) is 0 Å². The number of carbonyl (C=O) groups is 1. The van der Waals surface area contributed by atoms with Crippen LogP contribution in [0.4, 0.5) is 5.69 Å². The van der Waals surface area contributed by atoms with Crippen LogP contribution in [-0.4, -0.2) is 48.6 Å². The molecule has 0 saturated carbocycles. The molecule has 1 unspecified atom stereocenters. The Bertz CT molecular complexity index is 1020. The maximum absolute atomic E-state index is 13.2. The van der Waals surface area contributed by atoms with Gasteiger partial charge in [0.25, 0.3) is 5.91 Å². The Labute approximate surface area is 180 Å². The van der Waals surface area contributed by atoms with Crippen LogP contribution in [0.2, 0.25) is 0 Å². The topological polar surface area (TPSA) is 45.7 Å². The molecule has 6 heteroatoms. The van der Waals surface area contributed by atoms with Gasteiger partial charge in [0.15, 0.2) is 0 Å². The average molecular weight is 420 g/mol. The summed E-state index contributed by atoms with van der Waals surface area (Å²) in [5.41, 5.74) is 3.89. The van der Waals surface area contributed by atoms with E-state index in [1.165, 1.54) is 17.0 Å². The van der Waals surface area contributed by atoms with E-state index < -0.39 is 0 Å². The minimum atomic E-state index is 0.0683. The summed E-state index contributed by atoms with van der Waals surface area (Å²) in [6.45, 7) is 5.93. The molecule has 30 heavy (non-hydrogen) atoms. The molecule has 1 aromatic heterocycles. The first kappa shape index (κ1) is 19.1. The first-order valence-electron chi connectivity index (χ1n) is 10.3. The molecule has 1 spiro atoms. The monoisotopic (exact) mass is 419 g/mol. The number of para-hydroxylation sites is 2. The van der Waals surface area contributed by atoms with Gasteiger partial charge in [0.2, 0.25) is 0 Å². The number of carbonyl (C=O) groups excluding carboxylic acids is 1. The first-order valence-corrected chi connectivity index (χ1v) is 11.2. The van der Waals surface area contributed by atoms with Crippen molar-refractivity contribution in [3.05, 3.63) is 76.7 Å². The van der Waals surface area contributed by atoms with E-state index >= 15 is 0 Å². The van der Waals surface area contributed by atoms with Crippen molar-refractivity contribution in [2.24, 2.45) is 11.3 Å². The summed E-state index contributed by atoms with van der Waals surface area (Å²) in [7, 11) is 0. The lowest BCUT2D eigenvalue weighted by molar-refractivity contribution is 0.0764. The molecule has 1 amide bonds. The van der Waals surface area contributed by atoms with Gasteiger partial charge in [-0.25, -0.2) is 4.98 Å². The van der Waals surface area contributed by atoms with E-state index in [1.807, 2.05) is 48.2 Å². The Morgan fingerprint density at radius 2 is 1.80 bits per heavy atom. The van der Waals surface area contributed by atoms with Crippen LogP contribution in [0, 0.1) is 18.3 Å². The highest BCUT2D eigenvalue weighted by molar-refractivity contribution is 7.11.